The van der Waals surface area contributed by atoms with Crippen molar-refractivity contribution >= 4 is 0 Å². The second kappa shape index (κ2) is 6.15. The minimum Gasteiger partial charge on any atom is -0.395 e. The van der Waals surface area contributed by atoms with Crippen LogP contribution in [0.2, 0.25) is 0 Å². The maximum Gasteiger partial charge on any atom is 0.0584 e. The van der Waals surface area contributed by atoms with Gasteiger partial charge in [-0.05, 0) is 12.5 Å². The molecule has 1 aromatic rings. The van der Waals surface area contributed by atoms with Crippen molar-refractivity contribution in [2.45, 2.75) is 19.5 Å². The molecule has 0 spiro atoms. The van der Waals surface area contributed by atoms with Gasteiger partial charge in [0.1, 0.15) is 0 Å². The van der Waals surface area contributed by atoms with Crippen LogP contribution in [0.1, 0.15) is 12.5 Å². The summed E-state index contributed by atoms with van der Waals surface area (Å²) in [5.41, 5.74) is 1.39. The van der Waals surface area contributed by atoms with Gasteiger partial charge in [0.15, 0.2) is 0 Å². The molecule has 3 heteroatoms. The Morgan fingerprint density at radius 1 is 1.12 bits per heavy atom. The lowest BCUT2D eigenvalue weighted by atomic mass is 10.2. The predicted octanol–water partition coefficient (Wildman–Crippen LogP) is 1.18. The van der Waals surface area contributed by atoms with E-state index < -0.39 is 0 Å². The van der Waals surface area contributed by atoms with Crippen LogP contribution in [0.4, 0.5) is 0 Å². The quantitative estimate of drug-likeness (QED) is 0.847. The predicted molar refractivity (Wildman–Crippen MR) is 69.8 cm³/mol. The van der Waals surface area contributed by atoms with Gasteiger partial charge in [0.05, 0.1) is 6.61 Å². The minimum absolute atomic E-state index is 0.263. The van der Waals surface area contributed by atoms with Crippen molar-refractivity contribution in [3.8, 4) is 0 Å². The summed E-state index contributed by atoms with van der Waals surface area (Å²) in [5.74, 6) is 0. The van der Waals surface area contributed by atoms with Crippen molar-refractivity contribution in [3.05, 3.63) is 35.9 Å². The average molecular weight is 234 g/mol. The normalized spacial score (nSPS) is 20.4. The first kappa shape index (κ1) is 12.6. The van der Waals surface area contributed by atoms with E-state index in [0.717, 1.165) is 32.7 Å². The number of hydrogen-bond donors (Lipinski definition) is 1. The Bertz CT molecular complexity index is 320. The van der Waals surface area contributed by atoms with Crippen molar-refractivity contribution in [3.63, 3.8) is 0 Å². The number of benzene rings is 1. The van der Waals surface area contributed by atoms with Crippen LogP contribution in [0.3, 0.4) is 0 Å². The zero-order valence-electron chi connectivity index (χ0n) is 10.5. The molecule has 1 aliphatic heterocycles. The molecule has 1 atom stereocenters. The molecule has 1 heterocycles. The third kappa shape index (κ3) is 3.53. The van der Waals surface area contributed by atoms with Gasteiger partial charge in [-0.1, -0.05) is 30.3 Å². The summed E-state index contributed by atoms with van der Waals surface area (Å²) in [4.78, 5) is 4.84. The average Bonchev–Trinajstić information content (AvgIpc) is 2.40. The molecule has 2 rings (SSSR count). The standard InChI is InChI=1S/C14H22N2O/c1-13(12-17)16-9-7-15(8-10-16)11-14-5-3-2-4-6-14/h2-6,13,17H,7-12H2,1H3/t13-/m0/s1. The molecule has 1 saturated heterocycles. The van der Waals surface area contributed by atoms with Crippen LogP contribution in [0, 0.1) is 0 Å². The summed E-state index contributed by atoms with van der Waals surface area (Å²) >= 11 is 0. The smallest absolute Gasteiger partial charge is 0.0584 e. The lowest BCUT2D eigenvalue weighted by molar-refractivity contribution is 0.0702. The number of hydrogen-bond acceptors (Lipinski definition) is 3. The lowest BCUT2D eigenvalue weighted by Gasteiger charge is -2.37. The molecule has 1 N–H and O–H groups in total. The van der Waals surface area contributed by atoms with E-state index in [0.29, 0.717) is 6.04 Å². The molecular weight excluding hydrogens is 212 g/mol. The molecule has 0 aliphatic carbocycles. The van der Waals surface area contributed by atoms with Gasteiger partial charge < -0.3 is 5.11 Å². The summed E-state index contributed by atoms with van der Waals surface area (Å²) in [7, 11) is 0. The molecule has 1 fully saturated rings. The van der Waals surface area contributed by atoms with Crippen LogP contribution in [-0.4, -0.2) is 53.7 Å². The first-order chi connectivity index (χ1) is 8.29. The fraction of sp³-hybridized carbons (Fsp3) is 0.571. The van der Waals surface area contributed by atoms with E-state index in [1.165, 1.54) is 5.56 Å². The number of nitrogens with zero attached hydrogens (tertiary/aromatic N) is 2. The highest BCUT2D eigenvalue weighted by atomic mass is 16.3. The van der Waals surface area contributed by atoms with Crippen LogP contribution < -0.4 is 0 Å². The monoisotopic (exact) mass is 234 g/mol. The van der Waals surface area contributed by atoms with Gasteiger partial charge in [0.25, 0.3) is 0 Å². The van der Waals surface area contributed by atoms with Gasteiger partial charge in [-0.15, -0.1) is 0 Å². The molecule has 0 amide bonds. The molecule has 3 nitrogen and oxygen atoms in total. The summed E-state index contributed by atoms with van der Waals surface area (Å²) < 4.78 is 0. The van der Waals surface area contributed by atoms with Gasteiger partial charge in [-0.2, -0.15) is 0 Å². The number of aliphatic hydroxyl groups is 1. The summed E-state index contributed by atoms with van der Waals surface area (Å²) in [6.07, 6.45) is 0. The van der Waals surface area contributed by atoms with E-state index in [1.54, 1.807) is 0 Å². The Morgan fingerprint density at radius 3 is 2.35 bits per heavy atom. The molecule has 0 aromatic heterocycles. The van der Waals surface area contributed by atoms with Crippen molar-refractivity contribution in [2.75, 3.05) is 32.8 Å². The SMILES string of the molecule is C[C@@H](CO)N1CCN(Cc2ccccc2)CC1. The Kier molecular flexibility index (Phi) is 4.54. The lowest BCUT2D eigenvalue weighted by Crippen LogP contribution is -2.50. The Hall–Kier alpha value is -0.900. The van der Waals surface area contributed by atoms with Crippen LogP contribution in [0.15, 0.2) is 30.3 Å². The van der Waals surface area contributed by atoms with E-state index in [9.17, 15) is 0 Å². The molecule has 0 radical (unpaired) electrons. The van der Waals surface area contributed by atoms with E-state index in [1.807, 2.05) is 0 Å². The van der Waals surface area contributed by atoms with Crippen molar-refractivity contribution < 1.29 is 5.11 Å². The van der Waals surface area contributed by atoms with Gasteiger partial charge in [0.2, 0.25) is 0 Å². The molecule has 1 aromatic carbocycles. The maximum absolute atomic E-state index is 9.13. The molecular formula is C14H22N2O. The number of piperazine rings is 1. The highest BCUT2D eigenvalue weighted by molar-refractivity contribution is 5.14. The van der Waals surface area contributed by atoms with Crippen LogP contribution in [0.5, 0.6) is 0 Å². The highest BCUT2D eigenvalue weighted by Crippen LogP contribution is 2.10. The largest absolute Gasteiger partial charge is 0.395 e. The van der Waals surface area contributed by atoms with Gasteiger partial charge >= 0.3 is 0 Å². The van der Waals surface area contributed by atoms with Crippen LogP contribution >= 0.6 is 0 Å². The van der Waals surface area contributed by atoms with E-state index in [2.05, 4.69) is 47.1 Å². The van der Waals surface area contributed by atoms with Gasteiger partial charge in [-0.3, -0.25) is 9.80 Å². The molecule has 0 saturated carbocycles. The third-order valence-corrected chi connectivity index (χ3v) is 3.54. The summed E-state index contributed by atoms with van der Waals surface area (Å²) in [6.45, 7) is 7.72. The summed E-state index contributed by atoms with van der Waals surface area (Å²) in [5, 5.41) is 9.13. The minimum atomic E-state index is 0.263. The van der Waals surface area contributed by atoms with Crippen molar-refractivity contribution in [1.29, 1.82) is 0 Å². The maximum atomic E-state index is 9.13. The van der Waals surface area contributed by atoms with Crippen LogP contribution in [-0.2, 0) is 6.54 Å². The van der Waals surface area contributed by atoms with Crippen LogP contribution in [0.25, 0.3) is 0 Å². The van der Waals surface area contributed by atoms with Crippen molar-refractivity contribution in [1.82, 2.24) is 9.80 Å². The van der Waals surface area contributed by atoms with E-state index in [-0.39, 0.29) is 6.61 Å². The Labute approximate surface area is 104 Å². The Balaban J connectivity index is 1.80. The molecule has 0 unspecified atom stereocenters. The second-order valence-electron chi connectivity index (χ2n) is 4.83. The Morgan fingerprint density at radius 2 is 1.76 bits per heavy atom. The summed E-state index contributed by atoms with van der Waals surface area (Å²) in [6, 6.07) is 10.9. The second-order valence-corrected chi connectivity index (χ2v) is 4.83. The van der Waals surface area contributed by atoms with E-state index in [4.69, 9.17) is 5.11 Å². The zero-order valence-corrected chi connectivity index (χ0v) is 10.5. The van der Waals surface area contributed by atoms with Gasteiger partial charge in [0, 0.05) is 38.8 Å². The molecule has 94 valence electrons. The van der Waals surface area contributed by atoms with E-state index >= 15 is 0 Å². The molecule has 17 heavy (non-hydrogen) atoms. The fourth-order valence-corrected chi connectivity index (χ4v) is 2.32. The van der Waals surface area contributed by atoms with Crippen molar-refractivity contribution in [2.24, 2.45) is 0 Å². The molecule has 0 bridgehead atoms. The topological polar surface area (TPSA) is 26.7 Å². The fourth-order valence-electron chi connectivity index (χ4n) is 2.32. The zero-order chi connectivity index (χ0) is 12.1. The number of rotatable bonds is 4. The third-order valence-electron chi connectivity index (χ3n) is 3.54. The first-order valence-electron chi connectivity index (χ1n) is 6.41. The first-order valence-corrected chi connectivity index (χ1v) is 6.41. The molecule has 1 aliphatic rings. The number of aliphatic hydroxyl groups excluding tert-OH is 1. The van der Waals surface area contributed by atoms with Gasteiger partial charge in [-0.25, -0.2) is 0 Å². The highest BCUT2D eigenvalue weighted by Gasteiger charge is 2.20.